The molecule has 0 N–H and O–H groups in total. The van der Waals surface area contributed by atoms with Crippen molar-refractivity contribution in [3.8, 4) is 21.9 Å². The summed E-state index contributed by atoms with van der Waals surface area (Å²) in [6.45, 7) is -0.0968. The lowest BCUT2D eigenvalue weighted by Crippen LogP contribution is -2.13. The Morgan fingerprint density at radius 3 is 2.79 bits per heavy atom. The van der Waals surface area contributed by atoms with Crippen LogP contribution in [0.3, 0.4) is 0 Å². The molecule has 7 heteroatoms. The van der Waals surface area contributed by atoms with Gasteiger partial charge in [-0.3, -0.25) is 4.79 Å². The fourth-order valence-corrected chi connectivity index (χ4v) is 4.02. The van der Waals surface area contributed by atoms with Crippen LogP contribution in [0.4, 0.5) is 4.39 Å². The standard InChI is InChI=1S/C21H15FO5S/c1-25-18-7-6-12(8-15(18)22)16(23)11-27-21(24)19-9-13-10-26-17-5-3-2-4-14(17)20(13)28-19/h2-9H,10-11H2,1H3. The molecule has 2 aromatic carbocycles. The molecule has 0 saturated heterocycles. The Hall–Kier alpha value is -3.19. The average molecular weight is 398 g/mol. The van der Waals surface area contributed by atoms with Crippen LogP contribution >= 0.6 is 11.3 Å². The highest BCUT2D eigenvalue weighted by Crippen LogP contribution is 2.42. The number of para-hydroxylation sites is 1. The van der Waals surface area contributed by atoms with Gasteiger partial charge in [-0.25, -0.2) is 9.18 Å². The van der Waals surface area contributed by atoms with Crippen molar-refractivity contribution in [1.82, 2.24) is 0 Å². The van der Waals surface area contributed by atoms with E-state index in [-0.39, 0.29) is 11.3 Å². The number of carbonyl (C=O) groups excluding carboxylic acids is 2. The third kappa shape index (κ3) is 3.36. The molecule has 1 aliphatic heterocycles. The first-order valence-electron chi connectivity index (χ1n) is 8.45. The Bertz CT molecular complexity index is 1070. The molecule has 0 fully saturated rings. The molecule has 0 radical (unpaired) electrons. The SMILES string of the molecule is COc1ccc(C(=O)COC(=O)c2cc3c(s2)-c2ccccc2OC3)cc1F. The predicted molar refractivity (Wildman–Crippen MR) is 102 cm³/mol. The van der Waals surface area contributed by atoms with Crippen molar-refractivity contribution in [3.63, 3.8) is 0 Å². The normalized spacial score (nSPS) is 11.8. The van der Waals surface area contributed by atoms with Gasteiger partial charge in [0.1, 0.15) is 17.2 Å². The Labute approximate surface area is 164 Å². The van der Waals surface area contributed by atoms with Crippen molar-refractivity contribution < 1.29 is 28.2 Å². The second-order valence-corrected chi connectivity index (χ2v) is 7.15. The second-order valence-electron chi connectivity index (χ2n) is 6.10. The zero-order valence-corrected chi connectivity index (χ0v) is 15.7. The molecule has 0 atom stereocenters. The molecule has 2 heterocycles. The molecule has 142 valence electrons. The van der Waals surface area contributed by atoms with Gasteiger partial charge in [-0.1, -0.05) is 12.1 Å². The van der Waals surface area contributed by atoms with E-state index in [4.69, 9.17) is 14.2 Å². The van der Waals surface area contributed by atoms with E-state index in [9.17, 15) is 14.0 Å². The molecule has 5 nitrogen and oxygen atoms in total. The summed E-state index contributed by atoms with van der Waals surface area (Å²) < 4.78 is 29.4. The molecule has 4 rings (SSSR count). The molecule has 0 saturated carbocycles. The maximum absolute atomic E-state index is 13.7. The zero-order chi connectivity index (χ0) is 19.7. The summed E-state index contributed by atoms with van der Waals surface area (Å²) in [5.41, 5.74) is 1.94. The van der Waals surface area contributed by atoms with Gasteiger partial charge in [-0.15, -0.1) is 11.3 Å². The molecule has 0 amide bonds. The highest BCUT2D eigenvalue weighted by atomic mass is 32.1. The third-order valence-corrected chi connectivity index (χ3v) is 5.52. The van der Waals surface area contributed by atoms with Gasteiger partial charge in [-0.2, -0.15) is 0 Å². The number of fused-ring (bicyclic) bond motifs is 3. The number of benzene rings is 2. The number of rotatable bonds is 5. The molecular formula is C21H15FO5S. The summed E-state index contributed by atoms with van der Waals surface area (Å²) in [4.78, 5) is 25.9. The van der Waals surface area contributed by atoms with Crippen LogP contribution in [0.25, 0.3) is 10.4 Å². The van der Waals surface area contributed by atoms with E-state index in [2.05, 4.69) is 0 Å². The minimum atomic E-state index is -0.649. The lowest BCUT2D eigenvalue weighted by molar-refractivity contribution is 0.0479. The first kappa shape index (κ1) is 18.2. The number of methoxy groups -OCH3 is 1. The molecule has 1 aromatic heterocycles. The minimum absolute atomic E-state index is 0.0419. The van der Waals surface area contributed by atoms with Crippen LogP contribution < -0.4 is 9.47 Å². The van der Waals surface area contributed by atoms with Crippen molar-refractivity contribution in [2.45, 2.75) is 6.61 Å². The Morgan fingerprint density at radius 2 is 2.00 bits per heavy atom. The highest BCUT2D eigenvalue weighted by molar-refractivity contribution is 7.17. The van der Waals surface area contributed by atoms with E-state index < -0.39 is 24.2 Å². The number of hydrogen-bond acceptors (Lipinski definition) is 6. The van der Waals surface area contributed by atoms with E-state index in [0.29, 0.717) is 11.5 Å². The van der Waals surface area contributed by atoms with Crippen LogP contribution in [-0.2, 0) is 11.3 Å². The Balaban J connectivity index is 1.46. The monoisotopic (exact) mass is 398 g/mol. The van der Waals surface area contributed by atoms with Crippen LogP contribution in [0, 0.1) is 5.82 Å². The van der Waals surface area contributed by atoms with Crippen LogP contribution in [0.1, 0.15) is 25.6 Å². The van der Waals surface area contributed by atoms with Gasteiger partial charge in [0.2, 0.25) is 0 Å². The van der Waals surface area contributed by atoms with Gasteiger partial charge in [-0.05, 0) is 36.4 Å². The van der Waals surface area contributed by atoms with Crippen LogP contribution in [-0.4, -0.2) is 25.5 Å². The van der Waals surface area contributed by atoms with Gasteiger partial charge in [0.25, 0.3) is 0 Å². The number of carbonyl (C=O) groups is 2. The van der Waals surface area contributed by atoms with Crippen molar-refractivity contribution in [3.05, 3.63) is 70.4 Å². The lowest BCUT2D eigenvalue weighted by Gasteiger charge is -2.16. The summed E-state index contributed by atoms with van der Waals surface area (Å²) >= 11 is 1.30. The molecule has 0 spiro atoms. The molecule has 0 aliphatic carbocycles. The first-order chi connectivity index (χ1) is 13.6. The maximum atomic E-state index is 13.7. The van der Waals surface area contributed by atoms with Crippen LogP contribution in [0.15, 0.2) is 48.5 Å². The minimum Gasteiger partial charge on any atom is -0.494 e. The maximum Gasteiger partial charge on any atom is 0.348 e. The van der Waals surface area contributed by atoms with Gasteiger partial charge in [0.05, 0.1) is 7.11 Å². The van der Waals surface area contributed by atoms with Crippen molar-refractivity contribution in [2.24, 2.45) is 0 Å². The largest absolute Gasteiger partial charge is 0.494 e. The van der Waals surface area contributed by atoms with Crippen LogP contribution in [0.2, 0.25) is 0 Å². The summed E-state index contributed by atoms with van der Waals surface area (Å²) in [7, 11) is 1.34. The summed E-state index contributed by atoms with van der Waals surface area (Å²) in [6, 6.07) is 13.2. The Kier molecular flexibility index (Phi) is 4.83. The quantitative estimate of drug-likeness (QED) is 0.468. The van der Waals surface area contributed by atoms with Crippen molar-refractivity contribution >= 4 is 23.1 Å². The summed E-state index contributed by atoms with van der Waals surface area (Å²) in [6.07, 6.45) is 0. The molecule has 3 aromatic rings. The number of thiophene rings is 1. The van der Waals surface area contributed by atoms with Crippen molar-refractivity contribution in [1.29, 1.82) is 0 Å². The average Bonchev–Trinajstić information content (AvgIpc) is 3.16. The van der Waals surface area contributed by atoms with E-state index >= 15 is 0 Å². The van der Waals surface area contributed by atoms with Gasteiger partial charge in [0.15, 0.2) is 24.0 Å². The molecular weight excluding hydrogens is 383 g/mol. The number of Topliss-reactive ketones (excluding diaryl/α,β-unsaturated/α-hetero) is 1. The molecule has 0 unspecified atom stereocenters. The fraction of sp³-hybridized carbons (Fsp3) is 0.143. The molecule has 1 aliphatic rings. The van der Waals surface area contributed by atoms with E-state index in [0.717, 1.165) is 27.8 Å². The highest BCUT2D eigenvalue weighted by Gasteiger charge is 2.23. The third-order valence-electron chi connectivity index (χ3n) is 4.33. The fourth-order valence-electron chi connectivity index (χ4n) is 2.93. The van der Waals surface area contributed by atoms with E-state index in [1.165, 1.54) is 30.6 Å². The summed E-state index contributed by atoms with van der Waals surface area (Å²) in [5, 5.41) is 0. The number of esters is 1. The van der Waals surface area contributed by atoms with Crippen molar-refractivity contribution in [2.75, 3.05) is 13.7 Å². The number of halogens is 1. The van der Waals surface area contributed by atoms with Gasteiger partial charge >= 0.3 is 5.97 Å². The number of ether oxygens (including phenoxy) is 3. The first-order valence-corrected chi connectivity index (χ1v) is 9.27. The number of ketones is 1. The number of hydrogen-bond donors (Lipinski definition) is 0. The Morgan fingerprint density at radius 1 is 1.18 bits per heavy atom. The molecule has 0 bridgehead atoms. The smallest absolute Gasteiger partial charge is 0.348 e. The zero-order valence-electron chi connectivity index (χ0n) is 14.9. The molecule has 28 heavy (non-hydrogen) atoms. The van der Waals surface area contributed by atoms with E-state index in [1.807, 2.05) is 24.3 Å². The van der Waals surface area contributed by atoms with E-state index in [1.54, 1.807) is 6.07 Å². The second kappa shape index (κ2) is 7.44. The van der Waals surface area contributed by atoms with Gasteiger partial charge < -0.3 is 14.2 Å². The predicted octanol–water partition coefficient (Wildman–Crippen LogP) is 4.49. The van der Waals surface area contributed by atoms with Crippen LogP contribution in [0.5, 0.6) is 11.5 Å². The summed E-state index contributed by atoms with van der Waals surface area (Å²) in [5.74, 6) is -0.929. The lowest BCUT2D eigenvalue weighted by atomic mass is 10.1. The topological polar surface area (TPSA) is 61.8 Å². The van der Waals surface area contributed by atoms with Gasteiger partial charge in [0, 0.05) is 21.6 Å².